The highest BCUT2D eigenvalue weighted by molar-refractivity contribution is 5.01. The topological polar surface area (TPSA) is 21.7 Å². The van der Waals surface area contributed by atoms with Crippen LogP contribution in [0.15, 0.2) is 24.5 Å². The molecule has 1 heterocycles. The summed E-state index contributed by atoms with van der Waals surface area (Å²) in [7, 11) is 0. The number of allylic oxidation sites excluding steroid dienone is 3. The third kappa shape index (κ3) is 8.95. The summed E-state index contributed by atoms with van der Waals surface area (Å²) in [6, 6.07) is 0. The Labute approximate surface area is 106 Å². The van der Waals surface area contributed by atoms with Crippen LogP contribution in [0.1, 0.15) is 27.2 Å². The fraction of sp³-hybridized carbons (Fsp3) is 0.714. The Morgan fingerprint density at radius 2 is 2.00 bits per heavy atom. The Morgan fingerprint density at radius 1 is 1.35 bits per heavy atom. The third-order valence-corrected chi connectivity index (χ3v) is 2.40. The van der Waals surface area contributed by atoms with E-state index in [0.29, 0.717) is 0 Å². The molecule has 1 fully saturated rings. The largest absolute Gasteiger partial charge is 0.498 e. The van der Waals surface area contributed by atoms with Crippen molar-refractivity contribution in [2.75, 3.05) is 39.5 Å². The second kappa shape index (κ2) is 11.7. The number of hydrogen-bond donors (Lipinski definition) is 0. The number of ether oxygens (including phenoxy) is 2. The standard InChI is InChI=1S/C12H21NO2.C2H6/c1-3-5-12(2)15-9-4-6-13-7-10-14-11-8-13;1-2/h3,5H,1,4,6-11H2,2H3;1-2H3/b12-5+;. The SMILES string of the molecule is C=C/C=C(\C)OCCCN1CCOCC1.CC. The molecule has 0 spiro atoms. The average molecular weight is 241 g/mol. The molecule has 0 radical (unpaired) electrons. The summed E-state index contributed by atoms with van der Waals surface area (Å²) in [4.78, 5) is 2.42. The summed E-state index contributed by atoms with van der Waals surface area (Å²) in [5, 5.41) is 0. The molecule has 3 nitrogen and oxygen atoms in total. The van der Waals surface area contributed by atoms with E-state index in [2.05, 4.69) is 11.5 Å². The minimum Gasteiger partial charge on any atom is -0.498 e. The molecule has 1 aliphatic rings. The minimum atomic E-state index is 0.785. The molecule has 0 aromatic carbocycles. The first-order chi connectivity index (χ1) is 8.33. The van der Waals surface area contributed by atoms with Gasteiger partial charge in [0.05, 0.1) is 25.6 Å². The molecule has 0 aliphatic carbocycles. The van der Waals surface area contributed by atoms with Crippen LogP contribution < -0.4 is 0 Å². The zero-order valence-electron chi connectivity index (χ0n) is 11.6. The maximum Gasteiger partial charge on any atom is 0.0928 e. The van der Waals surface area contributed by atoms with Crippen LogP contribution >= 0.6 is 0 Å². The molecular formula is C14H27NO2. The van der Waals surface area contributed by atoms with Crippen LogP contribution in [0.4, 0.5) is 0 Å². The first kappa shape index (κ1) is 16.2. The Bertz CT molecular complexity index is 208. The summed E-state index contributed by atoms with van der Waals surface area (Å²) in [6.07, 6.45) is 4.70. The van der Waals surface area contributed by atoms with Gasteiger partial charge in [-0.15, -0.1) is 0 Å². The van der Waals surface area contributed by atoms with Crippen molar-refractivity contribution in [3.8, 4) is 0 Å². The maximum absolute atomic E-state index is 5.51. The van der Waals surface area contributed by atoms with Gasteiger partial charge in [0.1, 0.15) is 0 Å². The molecule has 0 N–H and O–H groups in total. The van der Waals surface area contributed by atoms with Gasteiger partial charge in [-0.1, -0.05) is 26.5 Å². The van der Waals surface area contributed by atoms with E-state index in [1.54, 1.807) is 6.08 Å². The minimum absolute atomic E-state index is 0.785. The molecule has 0 aromatic heterocycles. The summed E-state index contributed by atoms with van der Waals surface area (Å²) < 4.78 is 10.8. The van der Waals surface area contributed by atoms with E-state index < -0.39 is 0 Å². The van der Waals surface area contributed by atoms with Crippen LogP contribution in [0.25, 0.3) is 0 Å². The van der Waals surface area contributed by atoms with Crippen molar-refractivity contribution >= 4 is 0 Å². The lowest BCUT2D eigenvalue weighted by Crippen LogP contribution is -2.37. The fourth-order valence-electron chi connectivity index (χ4n) is 1.56. The molecular weight excluding hydrogens is 214 g/mol. The van der Waals surface area contributed by atoms with Gasteiger partial charge >= 0.3 is 0 Å². The van der Waals surface area contributed by atoms with Gasteiger partial charge in [-0.25, -0.2) is 0 Å². The van der Waals surface area contributed by atoms with Crippen molar-refractivity contribution in [3.05, 3.63) is 24.5 Å². The van der Waals surface area contributed by atoms with Gasteiger partial charge in [0.25, 0.3) is 0 Å². The summed E-state index contributed by atoms with van der Waals surface area (Å²) in [6.45, 7) is 15.3. The third-order valence-electron chi connectivity index (χ3n) is 2.40. The van der Waals surface area contributed by atoms with E-state index in [9.17, 15) is 0 Å². The normalized spacial score (nSPS) is 17.0. The van der Waals surface area contributed by atoms with Crippen LogP contribution in [-0.4, -0.2) is 44.4 Å². The van der Waals surface area contributed by atoms with Crippen LogP contribution in [0.5, 0.6) is 0 Å². The molecule has 0 aromatic rings. The van der Waals surface area contributed by atoms with Crippen molar-refractivity contribution in [2.45, 2.75) is 27.2 Å². The summed E-state index contributed by atoms with van der Waals surface area (Å²) in [5.41, 5.74) is 0. The number of rotatable bonds is 6. The first-order valence-electron chi connectivity index (χ1n) is 6.55. The van der Waals surface area contributed by atoms with Gasteiger partial charge in [-0.3, -0.25) is 4.90 Å². The number of morpholine rings is 1. The predicted octanol–water partition coefficient (Wildman–Crippen LogP) is 2.84. The smallest absolute Gasteiger partial charge is 0.0928 e. The highest BCUT2D eigenvalue weighted by Gasteiger charge is 2.08. The van der Waals surface area contributed by atoms with Gasteiger partial charge in [0, 0.05) is 19.6 Å². The molecule has 0 atom stereocenters. The molecule has 17 heavy (non-hydrogen) atoms. The van der Waals surface area contributed by atoms with Crippen LogP contribution in [0, 0.1) is 0 Å². The summed E-state index contributed by atoms with van der Waals surface area (Å²) >= 11 is 0. The van der Waals surface area contributed by atoms with E-state index in [1.807, 2.05) is 26.8 Å². The van der Waals surface area contributed by atoms with Crippen LogP contribution in [0.3, 0.4) is 0 Å². The molecule has 100 valence electrons. The summed E-state index contributed by atoms with van der Waals surface area (Å²) in [5.74, 6) is 0.937. The number of hydrogen-bond acceptors (Lipinski definition) is 3. The lowest BCUT2D eigenvalue weighted by Gasteiger charge is -2.26. The maximum atomic E-state index is 5.51. The van der Waals surface area contributed by atoms with Crippen molar-refractivity contribution in [3.63, 3.8) is 0 Å². The lowest BCUT2D eigenvalue weighted by molar-refractivity contribution is 0.0344. The van der Waals surface area contributed by atoms with E-state index in [-0.39, 0.29) is 0 Å². The van der Waals surface area contributed by atoms with Crippen molar-refractivity contribution in [2.24, 2.45) is 0 Å². The van der Waals surface area contributed by atoms with Crippen LogP contribution in [0.2, 0.25) is 0 Å². The zero-order valence-corrected chi connectivity index (χ0v) is 11.6. The molecule has 0 unspecified atom stereocenters. The lowest BCUT2D eigenvalue weighted by atomic mass is 10.3. The average Bonchev–Trinajstić information content (AvgIpc) is 2.39. The van der Waals surface area contributed by atoms with Gasteiger partial charge in [-0.05, 0) is 19.4 Å². The highest BCUT2D eigenvalue weighted by Crippen LogP contribution is 2.00. The monoisotopic (exact) mass is 241 g/mol. The van der Waals surface area contributed by atoms with Gasteiger partial charge in [0.2, 0.25) is 0 Å². The molecule has 1 aliphatic heterocycles. The van der Waals surface area contributed by atoms with E-state index in [0.717, 1.165) is 51.6 Å². The Hall–Kier alpha value is -0.800. The molecule has 0 bridgehead atoms. The van der Waals surface area contributed by atoms with Gasteiger partial charge in [0.15, 0.2) is 0 Å². The van der Waals surface area contributed by atoms with Crippen molar-refractivity contribution in [1.29, 1.82) is 0 Å². The quantitative estimate of drug-likeness (QED) is 0.405. The van der Waals surface area contributed by atoms with Gasteiger partial charge in [-0.2, -0.15) is 0 Å². The zero-order chi connectivity index (χ0) is 12.9. The first-order valence-corrected chi connectivity index (χ1v) is 6.55. The van der Waals surface area contributed by atoms with E-state index in [4.69, 9.17) is 9.47 Å². The number of nitrogens with zero attached hydrogens (tertiary/aromatic N) is 1. The fourth-order valence-corrected chi connectivity index (χ4v) is 1.56. The van der Waals surface area contributed by atoms with E-state index >= 15 is 0 Å². The highest BCUT2D eigenvalue weighted by atomic mass is 16.5. The van der Waals surface area contributed by atoms with Gasteiger partial charge < -0.3 is 9.47 Å². The molecule has 1 rings (SSSR count). The van der Waals surface area contributed by atoms with Crippen molar-refractivity contribution < 1.29 is 9.47 Å². The Kier molecular flexibility index (Phi) is 11.1. The second-order valence-corrected chi connectivity index (χ2v) is 3.67. The Morgan fingerprint density at radius 3 is 2.59 bits per heavy atom. The second-order valence-electron chi connectivity index (χ2n) is 3.67. The van der Waals surface area contributed by atoms with Crippen LogP contribution in [-0.2, 0) is 9.47 Å². The molecule has 1 saturated heterocycles. The molecule has 0 amide bonds. The molecule has 0 saturated carbocycles. The van der Waals surface area contributed by atoms with E-state index in [1.165, 1.54) is 0 Å². The predicted molar refractivity (Wildman–Crippen MR) is 73.1 cm³/mol. The molecule has 3 heteroatoms. The van der Waals surface area contributed by atoms with Crippen molar-refractivity contribution in [1.82, 2.24) is 4.90 Å². The Balaban J connectivity index is 0.00000121.